The predicted molar refractivity (Wildman–Crippen MR) is 78.8 cm³/mol. The molecule has 0 aromatic rings. The lowest BCUT2D eigenvalue weighted by Gasteiger charge is -2.26. The van der Waals surface area contributed by atoms with Crippen molar-refractivity contribution in [1.82, 2.24) is 10.2 Å². The zero-order chi connectivity index (χ0) is 14.0. The van der Waals surface area contributed by atoms with Crippen molar-refractivity contribution < 1.29 is 4.79 Å². The second-order valence-corrected chi connectivity index (χ2v) is 6.86. The molecule has 2 aliphatic rings. The summed E-state index contributed by atoms with van der Waals surface area (Å²) in [6.45, 7) is 5.35. The summed E-state index contributed by atoms with van der Waals surface area (Å²) in [5.74, 6) is 3.06. The first kappa shape index (κ1) is 14.6. The van der Waals surface area contributed by atoms with Gasteiger partial charge >= 0.3 is 0 Å². The number of likely N-dealkylation sites (N-methyl/N-ethyl adjacent to an activating group) is 1. The molecule has 0 aromatic carbocycles. The lowest BCUT2D eigenvalue weighted by Crippen LogP contribution is -2.46. The van der Waals surface area contributed by atoms with Crippen LogP contribution in [-0.4, -0.2) is 37.5 Å². The van der Waals surface area contributed by atoms with Crippen LogP contribution in [0.25, 0.3) is 0 Å². The zero-order valence-corrected chi connectivity index (χ0v) is 12.7. The third-order valence-electron chi connectivity index (χ3n) is 4.49. The van der Waals surface area contributed by atoms with E-state index in [2.05, 4.69) is 31.3 Å². The minimum absolute atomic E-state index is 0.0156. The maximum Gasteiger partial charge on any atom is 0.239 e. The number of fused-ring (bicyclic) bond motifs is 2. The maximum atomic E-state index is 12.2. The average Bonchev–Trinajstić information content (AvgIpc) is 2.94. The number of rotatable bonds is 6. The monoisotopic (exact) mass is 264 g/mol. The molecule has 1 amide bonds. The SMILES string of the molecule is CC(C)CC(NCC1CC2C=CC1C2)C(=O)N(C)C. The van der Waals surface area contributed by atoms with Gasteiger partial charge in [0.25, 0.3) is 0 Å². The Morgan fingerprint density at radius 2 is 2.05 bits per heavy atom. The molecule has 4 unspecified atom stereocenters. The van der Waals surface area contributed by atoms with Gasteiger partial charge in [-0.05, 0) is 49.5 Å². The highest BCUT2D eigenvalue weighted by atomic mass is 16.2. The lowest BCUT2D eigenvalue weighted by atomic mass is 9.93. The van der Waals surface area contributed by atoms with Crippen molar-refractivity contribution in [2.75, 3.05) is 20.6 Å². The van der Waals surface area contributed by atoms with Gasteiger partial charge < -0.3 is 10.2 Å². The minimum atomic E-state index is -0.0156. The predicted octanol–water partition coefficient (Wildman–Crippen LogP) is 2.29. The summed E-state index contributed by atoms with van der Waals surface area (Å²) in [6.07, 6.45) is 8.32. The van der Waals surface area contributed by atoms with Crippen molar-refractivity contribution in [1.29, 1.82) is 0 Å². The first-order valence-corrected chi connectivity index (χ1v) is 7.60. The smallest absolute Gasteiger partial charge is 0.239 e. The van der Waals surface area contributed by atoms with Crippen LogP contribution in [0, 0.1) is 23.7 Å². The highest BCUT2D eigenvalue weighted by molar-refractivity contribution is 5.81. The van der Waals surface area contributed by atoms with Crippen LogP contribution in [-0.2, 0) is 4.79 Å². The van der Waals surface area contributed by atoms with Crippen LogP contribution in [0.5, 0.6) is 0 Å². The van der Waals surface area contributed by atoms with Crippen LogP contribution in [0.15, 0.2) is 12.2 Å². The van der Waals surface area contributed by atoms with Crippen molar-refractivity contribution >= 4 is 5.91 Å². The van der Waals surface area contributed by atoms with Gasteiger partial charge in [0.05, 0.1) is 6.04 Å². The average molecular weight is 264 g/mol. The van der Waals surface area contributed by atoms with E-state index in [9.17, 15) is 4.79 Å². The molecule has 1 N–H and O–H groups in total. The molecule has 0 saturated heterocycles. The number of nitrogens with one attached hydrogen (secondary N) is 1. The summed E-state index contributed by atoms with van der Waals surface area (Å²) < 4.78 is 0. The summed E-state index contributed by atoms with van der Waals surface area (Å²) in [5.41, 5.74) is 0. The third kappa shape index (κ3) is 3.59. The molecular formula is C16H28N2O. The van der Waals surface area contributed by atoms with Crippen molar-refractivity contribution in [3.05, 3.63) is 12.2 Å². The number of carbonyl (C=O) groups excluding carboxylic acids is 1. The Morgan fingerprint density at radius 3 is 2.53 bits per heavy atom. The van der Waals surface area contributed by atoms with Crippen LogP contribution in [0.1, 0.15) is 33.1 Å². The summed E-state index contributed by atoms with van der Waals surface area (Å²) in [5, 5.41) is 3.53. The molecule has 3 heteroatoms. The Balaban J connectivity index is 1.86. The zero-order valence-electron chi connectivity index (χ0n) is 12.7. The van der Waals surface area contributed by atoms with Crippen LogP contribution in [0.2, 0.25) is 0 Å². The van der Waals surface area contributed by atoms with E-state index in [0.717, 1.165) is 30.7 Å². The molecule has 1 fully saturated rings. The van der Waals surface area contributed by atoms with Gasteiger partial charge in [-0.15, -0.1) is 0 Å². The number of hydrogen-bond acceptors (Lipinski definition) is 2. The summed E-state index contributed by atoms with van der Waals surface area (Å²) >= 11 is 0. The minimum Gasteiger partial charge on any atom is -0.347 e. The number of allylic oxidation sites excluding steroid dienone is 2. The van der Waals surface area contributed by atoms with Crippen molar-refractivity contribution in [2.24, 2.45) is 23.7 Å². The van der Waals surface area contributed by atoms with Gasteiger partial charge in [0.1, 0.15) is 0 Å². The van der Waals surface area contributed by atoms with E-state index >= 15 is 0 Å². The molecule has 2 bridgehead atoms. The van der Waals surface area contributed by atoms with Crippen LogP contribution >= 0.6 is 0 Å². The Kier molecular flexibility index (Phi) is 4.67. The maximum absolute atomic E-state index is 12.2. The number of carbonyl (C=O) groups is 1. The molecule has 108 valence electrons. The number of hydrogen-bond donors (Lipinski definition) is 1. The second kappa shape index (κ2) is 6.08. The Labute approximate surface area is 117 Å². The number of nitrogens with zero attached hydrogens (tertiary/aromatic N) is 1. The standard InChI is InChI=1S/C16H28N2O/c1-11(2)7-15(16(19)18(3)4)17-10-14-9-12-5-6-13(14)8-12/h5-6,11-15,17H,7-10H2,1-4H3. The highest BCUT2D eigenvalue weighted by Crippen LogP contribution is 2.43. The highest BCUT2D eigenvalue weighted by Gasteiger charge is 2.36. The van der Waals surface area contributed by atoms with Crippen molar-refractivity contribution in [3.8, 4) is 0 Å². The summed E-state index contributed by atoms with van der Waals surface area (Å²) in [4.78, 5) is 13.9. The molecule has 4 atom stereocenters. The van der Waals surface area contributed by atoms with Gasteiger partial charge in [0, 0.05) is 14.1 Å². The van der Waals surface area contributed by atoms with E-state index in [1.165, 1.54) is 12.8 Å². The second-order valence-electron chi connectivity index (χ2n) is 6.86. The molecule has 0 spiro atoms. The summed E-state index contributed by atoms with van der Waals surface area (Å²) in [6, 6.07) is -0.0156. The molecule has 2 aliphatic carbocycles. The van der Waals surface area contributed by atoms with Gasteiger partial charge in [-0.25, -0.2) is 0 Å². The van der Waals surface area contributed by atoms with Gasteiger partial charge in [-0.2, -0.15) is 0 Å². The molecule has 0 aromatic heterocycles. The molecule has 1 saturated carbocycles. The Bertz CT molecular complexity index is 349. The van der Waals surface area contributed by atoms with E-state index in [4.69, 9.17) is 0 Å². The lowest BCUT2D eigenvalue weighted by molar-refractivity contribution is -0.131. The molecule has 0 aliphatic heterocycles. The van der Waals surface area contributed by atoms with E-state index < -0.39 is 0 Å². The van der Waals surface area contributed by atoms with Gasteiger partial charge in [-0.3, -0.25) is 4.79 Å². The van der Waals surface area contributed by atoms with Crippen molar-refractivity contribution in [2.45, 2.75) is 39.2 Å². The molecule has 2 rings (SSSR count). The number of amides is 1. The normalized spacial score (nSPS) is 30.1. The van der Waals surface area contributed by atoms with Gasteiger partial charge in [0.2, 0.25) is 5.91 Å². The molecular weight excluding hydrogens is 236 g/mol. The summed E-state index contributed by atoms with van der Waals surface area (Å²) in [7, 11) is 3.69. The van der Waals surface area contributed by atoms with Crippen molar-refractivity contribution in [3.63, 3.8) is 0 Å². The fraction of sp³-hybridized carbons (Fsp3) is 0.812. The van der Waals surface area contributed by atoms with Crippen LogP contribution in [0.3, 0.4) is 0 Å². The largest absolute Gasteiger partial charge is 0.347 e. The van der Waals surface area contributed by atoms with Gasteiger partial charge in [-0.1, -0.05) is 26.0 Å². The Morgan fingerprint density at radius 1 is 1.32 bits per heavy atom. The van der Waals surface area contributed by atoms with E-state index in [1.54, 1.807) is 4.90 Å². The van der Waals surface area contributed by atoms with Crippen LogP contribution in [0.4, 0.5) is 0 Å². The first-order chi connectivity index (χ1) is 8.97. The Hall–Kier alpha value is -0.830. The fourth-order valence-corrected chi connectivity index (χ4v) is 3.48. The van der Waals surface area contributed by atoms with E-state index in [0.29, 0.717) is 5.92 Å². The topological polar surface area (TPSA) is 32.3 Å². The molecule has 19 heavy (non-hydrogen) atoms. The van der Waals surface area contributed by atoms with E-state index in [1.807, 2.05) is 14.1 Å². The third-order valence-corrected chi connectivity index (χ3v) is 4.49. The molecule has 0 radical (unpaired) electrons. The quantitative estimate of drug-likeness (QED) is 0.747. The fourth-order valence-electron chi connectivity index (χ4n) is 3.48. The molecule has 3 nitrogen and oxygen atoms in total. The van der Waals surface area contributed by atoms with Crippen LogP contribution < -0.4 is 5.32 Å². The molecule has 0 heterocycles. The van der Waals surface area contributed by atoms with Gasteiger partial charge in [0.15, 0.2) is 0 Å². The van der Waals surface area contributed by atoms with E-state index in [-0.39, 0.29) is 11.9 Å². The first-order valence-electron chi connectivity index (χ1n) is 7.60.